The molecule has 5 nitrogen and oxygen atoms in total. The first-order valence-electron chi connectivity index (χ1n) is 6.68. The van der Waals surface area contributed by atoms with E-state index in [1.165, 1.54) is 0 Å². The van der Waals surface area contributed by atoms with Crippen LogP contribution in [0.25, 0.3) is 0 Å². The van der Waals surface area contributed by atoms with E-state index in [0.717, 1.165) is 0 Å². The molecule has 0 bridgehead atoms. The third-order valence-electron chi connectivity index (χ3n) is 2.86. The van der Waals surface area contributed by atoms with Gasteiger partial charge in [-0.2, -0.15) is 0 Å². The first-order valence-corrected chi connectivity index (χ1v) is 6.68. The maximum Gasteiger partial charge on any atom is 0.408 e. The molecule has 19 heavy (non-hydrogen) atoms. The molecule has 0 aliphatic rings. The third kappa shape index (κ3) is 6.45. The van der Waals surface area contributed by atoms with Crippen LogP contribution in [0.4, 0.5) is 4.79 Å². The second-order valence-corrected chi connectivity index (χ2v) is 6.53. The molecule has 1 amide bonds. The number of hydrogen-bond donors (Lipinski definition) is 2. The van der Waals surface area contributed by atoms with Gasteiger partial charge in [-0.05, 0) is 38.5 Å². The van der Waals surface area contributed by atoms with E-state index in [0.29, 0.717) is 0 Å². The molecule has 0 aromatic heterocycles. The molecule has 0 radical (unpaired) electrons. The number of nitrogens with one attached hydrogen (secondary N) is 1. The summed E-state index contributed by atoms with van der Waals surface area (Å²) < 4.78 is 5.11. The molecule has 0 saturated heterocycles. The lowest BCUT2D eigenvalue weighted by Gasteiger charge is -2.31. The van der Waals surface area contributed by atoms with E-state index in [9.17, 15) is 14.7 Å². The van der Waals surface area contributed by atoms with E-state index in [2.05, 4.69) is 5.32 Å². The van der Waals surface area contributed by atoms with E-state index in [1.54, 1.807) is 20.8 Å². The van der Waals surface area contributed by atoms with Gasteiger partial charge in [-0.3, -0.25) is 0 Å². The Morgan fingerprint density at radius 1 is 1.05 bits per heavy atom. The van der Waals surface area contributed by atoms with Gasteiger partial charge in [-0.1, -0.05) is 27.7 Å². The summed E-state index contributed by atoms with van der Waals surface area (Å²) >= 11 is 0. The SMILES string of the molecule is CC(C)C(C(C)C)C(NC(=O)OC(C)(C)C)C(=O)O. The minimum atomic E-state index is -1.03. The van der Waals surface area contributed by atoms with Crippen molar-refractivity contribution in [2.24, 2.45) is 17.8 Å². The van der Waals surface area contributed by atoms with Crippen LogP contribution in [-0.4, -0.2) is 28.8 Å². The molecule has 0 aliphatic carbocycles. The van der Waals surface area contributed by atoms with Gasteiger partial charge in [0.2, 0.25) is 0 Å². The molecule has 0 aromatic rings. The number of carbonyl (C=O) groups excluding carboxylic acids is 1. The van der Waals surface area contributed by atoms with E-state index < -0.39 is 23.7 Å². The molecule has 2 N–H and O–H groups in total. The Hall–Kier alpha value is -1.26. The molecule has 5 heteroatoms. The summed E-state index contributed by atoms with van der Waals surface area (Å²) in [4.78, 5) is 23.1. The highest BCUT2D eigenvalue weighted by Crippen LogP contribution is 2.25. The summed E-state index contributed by atoms with van der Waals surface area (Å²) in [6.45, 7) is 13.0. The van der Waals surface area contributed by atoms with Crippen LogP contribution in [0.5, 0.6) is 0 Å². The monoisotopic (exact) mass is 273 g/mol. The molecule has 0 fully saturated rings. The number of carboxylic acids is 1. The van der Waals surface area contributed by atoms with Crippen molar-refractivity contribution in [3.8, 4) is 0 Å². The summed E-state index contributed by atoms with van der Waals surface area (Å²) in [5, 5.41) is 11.8. The summed E-state index contributed by atoms with van der Waals surface area (Å²) in [6, 6.07) is -0.935. The van der Waals surface area contributed by atoms with Crippen LogP contribution >= 0.6 is 0 Å². The van der Waals surface area contributed by atoms with Crippen molar-refractivity contribution in [3.63, 3.8) is 0 Å². The zero-order chi connectivity index (χ0) is 15.4. The Morgan fingerprint density at radius 2 is 1.47 bits per heavy atom. The minimum absolute atomic E-state index is 0.148. The molecule has 0 aliphatic heterocycles. The molecule has 0 spiro atoms. The molecule has 1 unspecified atom stereocenters. The second-order valence-electron chi connectivity index (χ2n) is 6.53. The molecule has 0 aromatic carbocycles. The van der Waals surface area contributed by atoms with Gasteiger partial charge >= 0.3 is 12.1 Å². The van der Waals surface area contributed by atoms with E-state index in [1.807, 2.05) is 27.7 Å². The Kier molecular flexibility index (Phi) is 6.33. The zero-order valence-corrected chi connectivity index (χ0v) is 13.0. The predicted molar refractivity (Wildman–Crippen MR) is 74.0 cm³/mol. The smallest absolute Gasteiger partial charge is 0.408 e. The molecular formula is C14H27NO4. The van der Waals surface area contributed by atoms with Crippen molar-refractivity contribution in [3.05, 3.63) is 0 Å². The third-order valence-corrected chi connectivity index (χ3v) is 2.86. The van der Waals surface area contributed by atoms with Crippen LogP contribution in [0.1, 0.15) is 48.5 Å². The maximum absolute atomic E-state index is 11.7. The highest BCUT2D eigenvalue weighted by atomic mass is 16.6. The van der Waals surface area contributed by atoms with E-state index in [4.69, 9.17) is 4.74 Å². The number of ether oxygens (including phenoxy) is 1. The molecule has 0 saturated carbocycles. The average molecular weight is 273 g/mol. The maximum atomic E-state index is 11.7. The first-order chi connectivity index (χ1) is 8.45. The van der Waals surface area contributed by atoms with Crippen molar-refractivity contribution in [2.75, 3.05) is 0 Å². The summed E-state index contributed by atoms with van der Waals surface area (Å²) in [6.07, 6.45) is -0.689. The number of aliphatic carboxylic acids is 1. The normalized spacial score (nSPS) is 13.8. The van der Waals surface area contributed by atoms with E-state index >= 15 is 0 Å². The quantitative estimate of drug-likeness (QED) is 0.807. The molecular weight excluding hydrogens is 246 g/mol. The highest BCUT2D eigenvalue weighted by molar-refractivity contribution is 5.80. The van der Waals surface area contributed by atoms with Gasteiger partial charge in [0.05, 0.1) is 0 Å². The fraction of sp³-hybridized carbons (Fsp3) is 0.857. The Labute approximate surface area is 115 Å². The summed E-state index contributed by atoms with van der Waals surface area (Å²) in [5.74, 6) is -0.879. The molecule has 0 heterocycles. The van der Waals surface area contributed by atoms with Crippen molar-refractivity contribution in [1.82, 2.24) is 5.32 Å². The number of rotatable bonds is 5. The van der Waals surface area contributed by atoms with Gasteiger partial charge in [0.1, 0.15) is 11.6 Å². The van der Waals surface area contributed by atoms with Gasteiger partial charge in [-0.25, -0.2) is 9.59 Å². The predicted octanol–water partition coefficient (Wildman–Crippen LogP) is 2.89. The Balaban J connectivity index is 4.93. The molecule has 1 atom stereocenters. The van der Waals surface area contributed by atoms with Gasteiger partial charge in [0.15, 0.2) is 0 Å². The van der Waals surface area contributed by atoms with Gasteiger partial charge in [0, 0.05) is 0 Å². The van der Waals surface area contributed by atoms with Gasteiger partial charge in [-0.15, -0.1) is 0 Å². The van der Waals surface area contributed by atoms with Crippen molar-refractivity contribution in [2.45, 2.75) is 60.1 Å². The summed E-state index contributed by atoms with van der Waals surface area (Å²) in [7, 11) is 0. The molecule has 0 rings (SSSR count). The first kappa shape index (κ1) is 17.7. The Bertz CT molecular complexity index is 310. The van der Waals surface area contributed by atoms with Crippen molar-refractivity contribution < 1.29 is 19.4 Å². The standard InChI is InChI=1S/C14H27NO4/c1-8(2)10(9(3)4)11(12(16)17)15-13(18)19-14(5,6)7/h8-11H,1-7H3,(H,15,18)(H,16,17). The lowest BCUT2D eigenvalue weighted by Crippen LogP contribution is -2.50. The highest BCUT2D eigenvalue weighted by Gasteiger charge is 2.35. The fourth-order valence-electron chi connectivity index (χ4n) is 2.30. The average Bonchev–Trinajstić information content (AvgIpc) is 2.11. The van der Waals surface area contributed by atoms with E-state index in [-0.39, 0.29) is 17.8 Å². The zero-order valence-electron chi connectivity index (χ0n) is 13.0. The number of amides is 1. The minimum Gasteiger partial charge on any atom is -0.480 e. The number of carbonyl (C=O) groups is 2. The van der Waals surface area contributed by atoms with Crippen molar-refractivity contribution in [1.29, 1.82) is 0 Å². The van der Waals surface area contributed by atoms with Crippen LogP contribution in [0.2, 0.25) is 0 Å². The number of alkyl carbamates (subject to hydrolysis) is 1. The summed E-state index contributed by atoms with van der Waals surface area (Å²) in [5.41, 5.74) is -0.641. The van der Waals surface area contributed by atoms with Crippen LogP contribution < -0.4 is 5.32 Å². The van der Waals surface area contributed by atoms with Crippen LogP contribution in [0, 0.1) is 17.8 Å². The van der Waals surface area contributed by atoms with Gasteiger partial charge in [0.25, 0.3) is 0 Å². The molecule has 112 valence electrons. The van der Waals surface area contributed by atoms with Crippen LogP contribution in [0.15, 0.2) is 0 Å². The number of carboxylic acid groups (broad SMARTS) is 1. The van der Waals surface area contributed by atoms with Crippen molar-refractivity contribution >= 4 is 12.1 Å². The lowest BCUT2D eigenvalue weighted by molar-refractivity contribution is -0.142. The van der Waals surface area contributed by atoms with Gasteiger partial charge < -0.3 is 15.2 Å². The van der Waals surface area contributed by atoms with Crippen LogP contribution in [-0.2, 0) is 9.53 Å². The van der Waals surface area contributed by atoms with Crippen LogP contribution in [0.3, 0.4) is 0 Å². The largest absolute Gasteiger partial charge is 0.480 e. The fourth-order valence-corrected chi connectivity index (χ4v) is 2.30. The number of hydrogen-bond acceptors (Lipinski definition) is 3. The Morgan fingerprint density at radius 3 is 1.74 bits per heavy atom. The topological polar surface area (TPSA) is 75.6 Å². The lowest BCUT2D eigenvalue weighted by atomic mass is 9.80. The second kappa shape index (κ2) is 6.78.